The number of carbonyl (C=O) groups is 1. The molecule has 1 amide bonds. The summed E-state index contributed by atoms with van der Waals surface area (Å²) < 4.78 is 1.89. The Labute approximate surface area is 252 Å². The zero-order valence-corrected chi connectivity index (χ0v) is 24.1. The number of rotatable bonds is 10. The number of nitrogens with zero attached hydrogens (tertiary/aromatic N) is 3. The number of amides is 1. The first-order valence-electron chi connectivity index (χ1n) is 12.4. The minimum atomic E-state index is -0.571. The molecule has 40 heavy (non-hydrogen) atoms. The summed E-state index contributed by atoms with van der Waals surface area (Å²) in [5, 5.41) is 17.7. The number of anilines is 1. The molecule has 0 fully saturated rings. The first-order valence-corrected chi connectivity index (χ1v) is 12.4. The normalized spacial score (nSPS) is 11.0. The van der Waals surface area contributed by atoms with Gasteiger partial charge in [-0.1, -0.05) is 66.7 Å². The van der Waals surface area contributed by atoms with Gasteiger partial charge in [-0.2, -0.15) is 0 Å². The van der Waals surface area contributed by atoms with Crippen LogP contribution in [-0.2, 0) is 17.6 Å². The Morgan fingerprint density at radius 1 is 0.825 bits per heavy atom. The van der Waals surface area contributed by atoms with Gasteiger partial charge in [0, 0.05) is 36.8 Å². The summed E-state index contributed by atoms with van der Waals surface area (Å²) in [4.78, 5) is 22.4. The lowest BCUT2D eigenvalue weighted by Crippen LogP contribution is -2.23. The lowest BCUT2D eigenvalue weighted by atomic mass is 10.1. The zero-order valence-electron chi connectivity index (χ0n) is 21.6. The van der Waals surface area contributed by atoms with Crippen molar-refractivity contribution in [2.45, 2.75) is 18.9 Å². The molecular weight excluding hydrogens is 569 g/mol. The van der Waals surface area contributed by atoms with E-state index in [9.17, 15) is 9.90 Å². The quantitative estimate of drug-likeness (QED) is 0.178. The fraction of sp³-hybridized carbons (Fsp3) is 0.167. The van der Waals surface area contributed by atoms with Crippen molar-refractivity contribution >= 4 is 59.7 Å². The SMILES string of the molecule is Cl.Cl.Cl.O=C(Cc1nc(CCNC[C@H](O)c2ccccc2)cn1-c1ccc2ccccc2n1)Nc1ccccc1. The molecule has 2 aromatic heterocycles. The van der Waals surface area contributed by atoms with E-state index in [1.54, 1.807) is 0 Å². The van der Waals surface area contributed by atoms with E-state index >= 15 is 0 Å². The molecule has 5 aromatic rings. The molecule has 3 N–H and O–H groups in total. The number of aromatic nitrogens is 3. The molecular formula is C30H32Cl3N5O2. The van der Waals surface area contributed by atoms with Crippen molar-refractivity contribution in [3.05, 3.63) is 120 Å². The summed E-state index contributed by atoms with van der Waals surface area (Å²) in [6.07, 6.45) is 2.13. The van der Waals surface area contributed by atoms with Crippen LogP contribution in [0.1, 0.15) is 23.2 Å². The van der Waals surface area contributed by atoms with Gasteiger partial charge < -0.3 is 15.7 Å². The van der Waals surface area contributed by atoms with Crippen molar-refractivity contribution in [3.8, 4) is 5.82 Å². The predicted molar refractivity (Wildman–Crippen MR) is 167 cm³/mol. The highest BCUT2D eigenvalue weighted by molar-refractivity contribution is 5.92. The number of pyridine rings is 1. The highest BCUT2D eigenvalue weighted by Crippen LogP contribution is 2.18. The minimum Gasteiger partial charge on any atom is -0.387 e. The number of aliphatic hydroxyl groups excluding tert-OH is 1. The Morgan fingerprint density at radius 2 is 1.50 bits per heavy atom. The Balaban J connectivity index is 0.00000187. The molecule has 2 heterocycles. The maximum absolute atomic E-state index is 12.8. The standard InChI is InChI=1S/C30H29N5O2.3ClH/c36-27(23-10-3-1-4-11-23)20-31-18-17-25-21-35(28-16-15-22-9-7-8-14-26(22)34-28)29(32-25)19-30(37)33-24-12-5-2-6-13-24;;;/h1-16,21,27,31,36H,17-20H2,(H,33,37);3*1H/t27-;;;/m0.../s1. The van der Waals surface area contributed by atoms with E-state index in [1.807, 2.05) is 108 Å². The average Bonchev–Trinajstić information content (AvgIpc) is 3.33. The van der Waals surface area contributed by atoms with E-state index in [0.29, 0.717) is 31.2 Å². The molecule has 0 aliphatic heterocycles. The monoisotopic (exact) mass is 599 g/mol. The molecule has 0 radical (unpaired) electrons. The van der Waals surface area contributed by atoms with Crippen LogP contribution in [0.25, 0.3) is 16.7 Å². The molecule has 210 valence electrons. The summed E-state index contributed by atoms with van der Waals surface area (Å²) in [6, 6.07) is 30.9. The van der Waals surface area contributed by atoms with Gasteiger partial charge in [-0.05, 0) is 35.9 Å². The molecule has 0 saturated carbocycles. The molecule has 10 heteroatoms. The number of fused-ring (bicyclic) bond motifs is 1. The van der Waals surface area contributed by atoms with Crippen LogP contribution in [0.2, 0.25) is 0 Å². The number of carbonyl (C=O) groups excluding carboxylic acids is 1. The summed E-state index contributed by atoms with van der Waals surface area (Å²) in [7, 11) is 0. The highest BCUT2D eigenvalue weighted by atomic mass is 35.5. The Hall–Kier alpha value is -3.46. The highest BCUT2D eigenvalue weighted by Gasteiger charge is 2.15. The van der Waals surface area contributed by atoms with Crippen molar-refractivity contribution in [3.63, 3.8) is 0 Å². The third-order valence-electron chi connectivity index (χ3n) is 6.12. The van der Waals surface area contributed by atoms with Crippen LogP contribution in [0.4, 0.5) is 5.69 Å². The number of nitrogens with one attached hydrogen (secondary N) is 2. The zero-order chi connectivity index (χ0) is 25.5. The molecule has 0 bridgehead atoms. The number of benzene rings is 3. The molecule has 1 atom stereocenters. The van der Waals surface area contributed by atoms with Crippen LogP contribution in [0, 0.1) is 0 Å². The van der Waals surface area contributed by atoms with E-state index in [1.165, 1.54) is 0 Å². The largest absolute Gasteiger partial charge is 0.387 e. The number of hydrogen-bond acceptors (Lipinski definition) is 5. The predicted octanol–water partition coefficient (Wildman–Crippen LogP) is 5.73. The van der Waals surface area contributed by atoms with Crippen molar-refractivity contribution in [1.82, 2.24) is 19.9 Å². The summed E-state index contributed by atoms with van der Waals surface area (Å²) in [6.45, 7) is 1.09. The van der Waals surface area contributed by atoms with Gasteiger partial charge >= 0.3 is 0 Å². The van der Waals surface area contributed by atoms with Crippen LogP contribution in [0.5, 0.6) is 0 Å². The molecule has 0 saturated heterocycles. The van der Waals surface area contributed by atoms with Gasteiger partial charge in [0.05, 0.1) is 23.7 Å². The molecule has 7 nitrogen and oxygen atoms in total. The Kier molecular flexibility index (Phi) is 13.1. The fourth-order valence-electron chi connectivity index (χ4n) is 4.22. The van der Waals surface area contributed by atoms with Crippen LogP contribution in [0.3, 0.4) is 0 Å². The summed E-state index contributed by atoms with van der Waals surface area (Å²) in [5.41, 5.74) is 3.36. The molecule has 0 unspecified atom stereocenters. The lowest BCUT2D eigenvalue weighted by Gasteiger charge is -2.11. The van der Waals surface area contributed by atoms with Gasteiger partial charge in [0.25, 0.3) is 0 Å². The van der Waals surface area contributed by atoms with Crippen LogP contribution in [0.15, 0.2) is 103 Å². The van der Waals surface area contributed by atoms with Crippen LogP contribution < -0.4 is 10.6 Å². The fourth-order valence-corrected chi connectivity index (χ4v) is 4.22. The maximum atomic E-state index is 12.8. The number of para-hydroxylation sites is 2. The number of halogens is 3. The first-order chi connectivity index (χ1) is 18.2. The van der Waals surface area contributed by atoms with Gasteiger partial charge in [0.2, 0.25) is 5.91 Å². The Bertz CT molecular complexity index is 1480. The third-order valence-corrected chi connectivity index (χ3v) is 6.12. The van der Waals surface area contributed by atoms with Crippen molar-refractivity contribution in [2.75, 3.05) is 18.4 Å². The van der Waals surface area contributed by atoms with Crippen molar-refractivity contribution in [2.24, 2.45) is 0 Å². The van der Waals surface area contributed by atoms with Gasteiger partial charge in [0.15, 0.2) is 0 Å². The second-order valence-corrected chi connectivity index (χ2v) is 8.85. The van der Waals surface area contributed by atoms with E-state index in [0.717, 1.165) is 27.8 Å². The molecule has 5 rings (SSSR count). The first kappa shape index (κ1) is 32.8. The maximum Gasteiger partial charge on any atom is 0.231 e. The third kappa shape index (κ3) is 8.52. The minimum absolute atomic E-state index is 0. The van der Waals surface area contributed by atoms with Crippen molar-refractivity contribution < 1.29 is 9.90 Å². The topological polar surface area (TPSA) is 92.1 Å². The molecule has 0 spiro atoms. The number of aliphatic hydroxyl groups is 1. The van der Waals surface area contributed by atoms with Gasteiger partial charge in [-0.15, -0.1) is 37.2 Å². The number of hydrogen-bond donors (Lipinski definition) is 3. The smallest absolute Gasteiger partial charge is 0.231 e. The van der Waals surface area contributed by atoms with Gasteiger partial charge in [-0.25, -0.2) is 9.97 Å². The van der Waals surface area contributed by atoms with E-state index in [4.69, 9.17) is 9.97 Å². The van der Waals surface area contributed by atoms with E-state index < -0.39 is 6.10 Å². The van der Waals surface area contributed by atoms with Gasteiger partial charge in [0.1, 0.15) is 11.6 Å². The summed E-state index contributed by atoms with van der Waals surface area (Å²) >= 11 is 0. The molecule has 0 aliphatic carbocycles. The van der Waals surface area contributed by atoms with Crippen LogP contribution >= 0.6 is 37.2 Å². The van der Waals surface area contributed by atoms with Crippen molar-refractivity contribution in [1.29, 1.82) is 0 Å². The summed E-state index contributed by atoms with van der Waals surface area (Å²) in [5.74, 6) is 1.19. The van der Waals surface area contributed by atoms with E-state index in [2.05, 4.69) is 10.6 Å². The lowest BCUT2D eigenvalue weighted by molar-refractivity contribution is -0.115. The second kappa shape index (κ2) is 16.0. The van der Waals surface area contributed by atoms with Crippen LogP contribution in [-0.4, -0.2) is 38.6 Å². The average molecular weight is 601 g/mol. The van der Waals surface area contributed by atoms with Gasteiger partial charge in [-0.3, -0.25) is 9.36 Å². The number of imidazole rings is 1. The Morgan fingerprint density at radius 3 is 2.25 bits per heavy atom. The molecule has 3 aromatic carbocycles. The molecule has 0 aliphatic rings. The second-order valence-electron chi connectivity index (χ2n) is 8.85. The van der Waals surface area contributed by atoms with E-state index in [-0.39, 0.29) is 49.5 Å².